The van der Waals surface area contributed by atoms with Gasteiger partial charge in [0.25, 0.3) is 0 Å². The second-order valence-corrected chi connectivity index (χ2v) is 10.4. The number of amides is 2. The lowest BCUT2D eigenvalue weighted by Gasteiger charge is -2.23. The Morgan fingerprint density at radius 2 is 2.12 bits per heavy atom. The smallest absolute Gasteiger partial charge is 0.229 e. The second kappa shape index (κ2) is 11.4. The van der Waals surface area contributed by atoms with Crippen LogP contribution in [0.1, 0.15) is 36.7 Å². The first-order valence-corrected chi connectivity index (χ1v) is 13.4. The fourth-order valence-electron chi connectivity index (χ4n) is 5.55. The van der Waals surface area contributed by atoms with Gasteiger partial charge >= 0.3 is 0 Å². The summed E-state index contributed by atoms with van der Waals surface area (Å²) >= 11 is 6.14. The molecule has 2 saturated carbocycles. The third kappa shape index (κ3) is 5.09. The van der Waals surface area contributed by atoms with Crippen molar-refractivity contribution in [3.8, 4) is 11.8 Å². The van der Waals surface area contributed by atoms with E-state index in [9.17, 15) is 19.8 Å². The van der Waals surface area contributed by atoms with E-state index in [0.29, 0.717) is 54.5 Å². The number of hydrogen-bond donors (Lipinski definition) is 6. The molecule has 0 aliphatic heterocycles. The van der Waals surface area contributed by atoms with Crippen LogP contribution >= 0.6 is 11.6 Å². The first-order chi connectivity index (χ1) is 19.3. The molecule has 1 aromatic carbocycles. The molecule has 2 amide bonds. The quantitative estimate of drug-likeness (QED) is 0.199. The van der Waals surface area contributed by atoms with Crippen LogP contribution in [-0.2, 0) is 16.1 Å². The van der Waals surface area contributed by atoms with E-state index in [-0.39, 0.29) is 30.0 Å². The Kier molecular flexibility index (Phi) is 7.91. The van der Waals surface area contributed by atoms with E-state index >= 15 is 0 Å². The van der Waals surface area contributed by atoms with Crippen molar-refractivity contribution in [3.63, 3.8) is 0 Å². The zero-order valence-electron chi connectivity index (χ0n) is 21.9. The maximum Gasteiger partial charge on any atom is 0.229 e. The molecule has 2 aliphatic carbocycles. The minimum atomic E-state index is -1.22. The zero-order valence-corrected chi connectivity index (χ0v) is 22.6. The van der Waals surface area contributed by atoms with Gasteiger partial charge in [0.15, 0.2) is 17.0 Å². The number of aromatic nitrogens is 4. The number of halogens is 1. The van der Waals surface area contributed by atoms with Crippen molar-refractivity contribution in [1.29, 1.82) is 0 Å². The molecule has 0 saturated heterocycles. The number of benzene rings is 1. The summed E-state index contributed by atoms with van der Waals surface area (Å²) in [6.45, 7) is 1.17. The highest BCUT2D eigenvalue weighted by Crippen LogP contribution is 2.67. The van der Waals surface area contributed by atoms with E-state index < -0.39 is 23.7 Å². The van der Waals surface area contributed by atoms with Crippen molar-refractivity contribution in [2.75, 3.05) is 25.5 Å². The van der Waals surface area contributed by atoms with E-state index in [1.165, 1.54) is 7.05 Å². The van der Waals surface area contributed by atoms with Crippen LogP contribution in [0.2, 0.25) is 5.02 Å². The SMILES string of the molecule is CNC(=O)[C@@]12C[C@@H]1[C@@H](n1cnc3c(NCc4cccc(Cl)c4)nc(C#CCCC(=O)NCCN)nc31)[C@H](O)[C@@H]2O. The van der Waals surface area contributed by atoms with Gasteiger partial charge in [0, 0.05) is 50.5 Å². The maximum atomic E-state index is 12.6. The first kappa shape index (κ1) is 27.8. The number of aliphatic hydroxyl groups is 2. The van der Waals surface area contributed by atoms with Gasteiger partial charge < -0.3 is 36.5 Å². The maximum absolute atomic E-state index is 12.6. The lowest BCUT2D eigenvalue weighted by molar-refractivity contribution is -0.132. The summed E-state index contributed by atoms with van der Waals surface area (Å²) in [5.74, 6) is 5.77. The Hall–Kier alpha value is -3.76. The van der Waals surface area contributed by atoms with Crippen molar-refractivity contribution < 1.29 is 19.8 Å². The van der Waals surface area contributed by atoms with Gasteiger partial charge in [0.05, 0.1) is 23.9 Å². The van der Waals surface area contributed by atoms with Crippen molar-refractivity contribution in [3.05, 3.63) is 47.0 Å². The number of aliphatic hydroxyl groups excluding tert-OH is 2. The summed E-state index contributed by atoms with van der Waals surface area (Å²) in [7, 11) is 1.52. The van der Waals surface area contributed by atoms with Crippen LogP contribution in [0.5, 0.6) is 0 Å². The van der Waals surface area contributed by atoms with E-state index in [4.69, 9.17) is 17.3 Å². The molecule has 2 heterocycles. The van der Waals surface area contributed by atoms with Gasteiger partial charge in [0.2, 0.25) is 17.6 Å². The fraction of sp³-hybridized carbons (Fsp3) is 0.444. The third-order valence-electron chi connectivity index (χ3n) is 7.56. The van der Waals surface area contributed by atoms with Crippen LogP contribution in [0.15, 0.2) is 30.6 Å². The molecule has 0 unspecified atom stereocenters. The topological polar surface area (TPSA) is 180 Å². The van der Waals surface area contributed by atoms with E-state index in [2.05, 4.69) is 42.7 Å². The molecular formula is C27H31ClN8O4. The minimum Gasteiger partial charge on any atom is -0.389 e. The lowest BCUT2D eigenvalue weighted by atomic mass is 9.98. The Bertz CT molecular complexity index is 1500. The molecule has 5 rings (SSSR count). The van der Waals surface area contributed by atoms with Gasteiger partial charge in [-0.2, -0.15) is 0 Å². The van der Waals surface area contributed by atoms with Gasteiger partial charge in [-0.15, -0.1) is 0 Å². The predicted molar refractivity (Wildman–Crippen MR) is 148 cm³/mol. The van der Waals surface area contributed by atoms with Gasteiger partial charge in [-0.3, -0.25) is 9.59 Å². The Morgan fingerprint density at radius 3 is 2.88 bits per heavy atom. The Balaban J connectivity index is 1.47. The normalized spacial score (nSPS) is 24.6. The molecule has 210 valence electrons. The lowest BCUT2D eigenvalue weighted by Crippen LogP contribution is -2.41. The summed E-state index contributed by atoms with van der Waals surface area (Å²) < 4.78 is 1.70. The van der Waals surface area contributed by atoms with E-state index in [1.54, 1.807) is 17.0 Å². The Morgan fingerprint density at radius 1 is 1.30 bits per heavy atom. The minimum absolute atomic E-state index is 0.143. The fourth-order valence-corrected chi connectivity index (χ4v) is 5.76. The number of nitrogens with zero attached hydrogens (tertiary/aromatic N) is 4. The van der Waals surface area contributed by atoms with Crippen LogP contribution < -0.4 is 21.7 Å². The number of rotatable bonds is 9. The molecule has 40 heavy (non-hydrogen) atoms. The van der Waals surface area contributed by atoms with Gasteiger partial charge in [-0.25, -0.2) is 15.0 Å². The first-order valence-electron chi connectivity index (χ1n) is 13.1. The second-order valence-electron chi connectivity index (χ2n) is 10.00. The highest BCUT2D eigenvalue weighted by Gasteiger charge is 2.75. The predicted octanol–water partition coefficient (Wildman–Crippen LogP) is 0.327. The molecule has 2 fully saturated rings. The number of nitrogens with one attached hydrogen (secondary N) is 3. The number of anilines is 1. The van der Waals surface area contributed by atoms with Gasteiger partial charge in [-0.05, 0) is 30.0 Å². The van der Waals surface area contributed by atoms with Gasteiger partial charge in [0.1, 0.15) is 6.10 Å². The average Bonchev–Trinajstić information content (AvgIpc) is 3.49. The highest BCUT2D eigenvalue weighted by molar-refractivity contribution is 6.30. The van der Waals surface area contributed by atoms with Crippen molar-refractivity contribution in [2.45, 2.75) is 44.1 Å². The number of nitrogens with two attached hydrogens (primary N) is 1. The number of imidazole rings is 1. The van der Waals surface area contributed by atoms with E-state index in [1.807, 2.05) is 18.2 Å². The van der Waals surface area contributed by atoms with Crippen molar-refractivity contribution in [2.24, 2.45) is 17.1 Å². The summed E-state index contributed by atoms with van der Waals surface area (Å²) in [6.07, 6.45) is 0.0929. The molecule has 0 bridgehead atoms. The van der Waals surface area contributed by atoms with Crippen LogP contribution in [0, 0.1) is 23.2 Å². The summed E-state index contributed by atoms with van der Waals surface area (Å²) in [5.41, 5.74) is 6.16. The van der Waals surface area contributed by atoms with Crippen LogP contribution in [0.4, 0.5) is 5.82 Å². The molecule has 5 atom stereocenters. The highest BCUT2D eigenvalue weighted by atomic mass is 35.5. The standard InChI is InChI=1S/C27H31ClN8O4/c1-30-26(40)27-12-17(27)21(22(38)23(27)39)36-14-33-20-24(32-13-15-5-4-6-16(28)11-15)34-18(35-25(20)36)7-2-3-8-19(37)31-10-9-29/h4-6,11,14,17,21-23,38-39H,3,8-10,12-13,29H2,1H3,(H,30,40)(H,31,37)(H,32,34,35)/t17-,21-,22+,23+,27+/m1/s1. The third-order valence-corrected chi connectivity index (χ3v) is 7.79. The molecule has 2 aromatic heterocycles. The summed E-state index contributed by atoms with van der Waals surface area (Å²) in [6, 6.07) is 6.79. The summed E-state index contributed by atoms with van der Waals surface area (Å²) in [5, 5.41) is 31.0. The van der Waals surface area contributed by atoms with Crippen molar-refractivity contribution in [1.82, 2.24) is 30.2 Å². The molecule has 2 aliphatic rings. The number of carbonyl (C=O) groups is 2. The van der Waals surface area contributed by atoms with Crippen molar-refractivity contribution >= 4 is 40.4 Å². The van der Waals surface area contributed by atoms with Gasteiger partial charge in [-0.1, -0.05) is 29.7 Å². The van der Waals surface area contributed by atoms with E-state index in [0.717, 1.165) is 5.56 Å². The monoisotopic (exact) mass is 566 g/mol. The molecule has 13 heteroatoms. The molecule has 0 spiro atoms. The molecular weight excluding hydrogens is 536 g/mol. The molecule has 3 aromatic rings. The van der Waals surface area contributed by atoms with Crippen LogP contribution in [0.25, 0.3) is 11.2 Å². The number of carbonyl (C=O) groups excluding carboxylic acids is 2. The van der Waals surface area contributed by atoms with Crippen LogP contribution in [0.3, 0.4) is 0 Å². The number of hydrogen-bond acceptors (Lipinski definition) is 9. The number of fused-ring (bicyclic) bond motifs is 2. The average molecular weight is 567 g/mol. The molecule has 0 radical (unpaired) electrons. The molecule has 7 N–H and O–H groups in total. The molecule has 12 nitrogen and oxygen atoms in total. The summed E-state index contributed by atoms with van der Waals surface area (Å²) in [4.78, 5) is 38.2. The van der Waals surface area contributed by atoms with Crippen LogP contribution in [-0.4, -0.2) is 73.9 Å². The largest absolute Gasteiger partial charge is 0.389 e. The Labute approximate surface area is 235 Å². The zero-order chi connectivity index (χ0) is 28.4.